The van der Waals surface area contributed by atoms with Crippen molar-refractivity contribution in [1.82, 2.24) is 10.2 Å². The van der Waals surface area contributed by atoms with Gasteiger partial charge in [0.05, 0.1) is 0 Å². The Morgan fingerprint density at radius 2 is 1.91 bits per heavy atom. The Bertz CT molecular complexity index is 555. The van der Waals surface area contributed by atoms with E-state index in [4.69, 9.17) is 11.6 Å². The summed E-state index contributed by atoms with van der Waals surface area (Å²) in [6.07, 6.45) is 0.877. The first-order valence-corrected chi connectivity index (χ1v) is 8.43. The molecule has 0 saturated carbocycles. The summed E-state index contributed by atoms with van der Waals surface area (Å²) in [5.74, 6) is -0.423. The minimum Gasteiger partial charge on any atom is -0.368 e. The second-order valence-corrected chi connectivity index (χ2v) is 6.63. The fraction of sp³-hybridized carbons (Fsp3) is 0.529. The molecule has 0 aliphatic carbocycles. The van der Waals surface area contributed by atoms with Gasteiger partial charge in [0.25, 0.3) is 0 Å². The number of nitrogens with zero attached hydrogens (tertiary/aromatic N) is 2. The fourth-order valence-corrected chi connectivity index (χ4v) is 2.72. The molecule has 5 nitrogen and oxygen atoms in total. The fourth-order valence-electron chi connectivity index (χ4n) is 2.53. The van der Waals surface area contributed by atoms with Crippen molar-refractivity contribution in [2.24, 2.45) is 5.92 Å². The van der Waals surface area contributed by atoms with Crippen LogP contribution < -0.4 is 10.2 Å². The molecular weight excluding hydrogens is 314 g/mol. The van der Waals surface area contributed by atoms with Crippen LogP contribution in [0.3, 0.4) is 0 Å². The number of piperazine rings is 1. The first-order valence-electron chi connectivity index (χ1n) is 8.05. The van der Waals surface area contributed by atoms with Crippen molar-refractivity contribution in [3.8, 4) is 0 Å². The summed E-state index contributed by atoms with van der Waals surface area (Å²) in [6.45, 7) is 7.21. The van der Waals surface area contributed by atoms with E-state index in [2.05, 4.69) is 24.1 Å². The molecule has 1 N–H and O–H groups in total. The molecule has 23 heavy (non-hydrogen) atoms. The molecule has 0 atom stereocenters. The van der Waals surface area contributed by atoms with Crippen molar-refractivity contribution in [3.63, 3.8) is 0 Å². The maximum absolute atomic E-state index is 12.1. The van der Waals surface area contributed by atoms with Gasteiger partial charge < -0.3 is 15.1 Å². The molecule has 1 aromatic carbocycles. The van der Waals surface area contributed by atoms with Gasteiger partial charge in [-0.2, -0.15) is 0 Å². The molecule has 1 heterocycles. The van der Waals surface area contributed by atoms with E-state index < -0.39 is 11.8 Å². The van der Waals surface area contributed by atoms with Crippen molar-refractivity contribution in [1.29, 1.82) is 0 Å². The van der Waals surface area contributed by atoms with E-state index in [0.717, 1.165) is 12.1 Å². The highest BCUT2D eigenvalue weighted by Gasteiger charge is 2.25. The second-order valence-electron chi connectivity index (χ2n) is 6.20. The lowest BCUT2D eigenvalue weighted by atomic mass is 10.1. The lowest BCUT2D eigenvalue weighted by Gasteiger charge is -2.35. The third kappa shape index (κ3) is 5.13. The number of nitrogens with one attached hydrogen (secondary N) is 1. The average molecular weight is 338 g/mol. The van der Waals surface area contributed by atoms with Crippen LogP contribution in [0.5, 0.6) is 0 Å². The van der Waals surface area contributed by atoms with Crippen LogP contribution in [0.2, 0.25) is 5.02 Å². The molecule has 126 valence electrons. The summed E-state index contributed by atoms with van der Waals surface area (Å²) in [5.41, 5.74) is 1.05. The van der Waals surface area contributed by atoms with Crippen LogP contribution in [0, 0.1) is 5.92 Å². The van der Waals surface area contributed by atoms with E-state index in [-0.39, 0.29) is 0 Å². The standard InChI is InChI=1S/C17H24ClN3O2/c1-13(2)6-7-19-16(22)17(23)21-10-8-20(9-11-21)15-5-3-4-14(18)12-15/h3-5,12-13H,6-11H2,1-2H3,(H,19,22). The highest BCUT2D eigenvalue weighted by molar-refractivity contribution is 6.35. The van der Waals surface area contributed by atoms with Gasteiger partial charge in [-0.25, -0.2) is 0 Å². The molecule has 1 fully saturated rings. The molecule has 1 aliphatic rings. The Balaban J connectivity index is 1.81. The summed E-state index contributed by atoms with van der Waals surface area (Å²) < 4.78 is 0. The number of carbonyl (C=O) groups excluding carboxylic acids is 2. The number of halogens is 1. The molecule has 1 saturated heterocycles. The summed E-state index contributed by atoms with van der Waals surface area (Å²) >= 11 is 6.01. The van der Waals surface area contributed by atoms with Gasteiger partial charge in [-0.3, -0.25) is 9.59 Å². The van der Waals surface area contributed by atoms with Crippen molar-refractivity contribution in [2.45, 2.75) is 20.3 Å². The van der Waals surface area contributed by atoms with Gasteiger partial charge in [0.1, 0.15) is 0 Å². The van der Waals surface area contributed by atoms with Crippen LogP contribution in [0.4, 0.5) is 5.69 Å². The highest BCUT2D eigenvalue weighted by Crippen LogP contribution is 2.20. The molecule has 1 aliphatic heterocycles. The molecule has 1 aromatic rings. The van der Waals surface area contributed by atoms with Crippen LogP contribution >= 0.6 is 11.6 Å². The van der Waals surface area contributed by atoms with Gasteiger partial charge in [0.15, 0.2) is 0 Å². The molecule has 0 radical (unpaired) electrons. The van der Waals surface area contributed by atoms with E-state index in [1.807, 2.05) is 24.3 Å². The Morgan fingerprint density at radius 1 is 1.22 bits per heavy atom. The van der Waals surface area contributed by atoms with E-state index in [0.29, 0.717) is 43.7 Å². The Kier molecular flexibility index (Phi) is 6.28. The van der Waals surface area contributed by atoms with Gasteiger partial charge in [0, 0.05) is 43.4 Å². The van der Waals surface area contributed by atoms with E-state index in [1.54, 1.807) is 4.90 Å². The molecular formula is C17H24ClN3O2. The number of hydrogen-bond acceptors (Lipinski definition) is 3. The van der Waals surface area contributed by atoms with Gasteiger partial charge in [-0.1, -0.05) is 31.5 Å². The van der Waals surface area contributed by atoms with Gasteiger partial charge in [-0.05, 0) is 30.5 Å². The number of benzene rings is 1. The van der Waals surface area contributed by atoms with Crippen molar-refractivity contribution in [3.05, 3.63) is 29.3 Å². The van der Waals surface area contributed by atoms with E-state index in [9.17, 15) is 9.59 Å². The van der Waals surface area contributed by atoms with Crippen LogP contribution in [-0.4, -0.2) is 49.4 Å². The zero-order chi connectivity index (χ0) is 16.8. The minimum atomic E-state index is -0.498. The monoisotopic (exact) mass is 337 g/mol. The summed E-state index contributed by atoms with van der Waals surface area (Å²) in [7, 11) is 0. The molecule has 2 rings (SSSR count). The number of rotatable bonds is 4. The third-order valence-electron chi connectivity index (χ3n) is 3.94. The topological polar surface area (TPSA) is 52.7 Å². The Hall–Kier alpha value is -1.75. The molecule has 0 unspecified atom stereocenters. The summed E-state index contributed by atoms with van der Waals surface area (Å²) in [4.78, 5) is 27.8. The van der Waals surface area contributed by atoms with Crippen LogP contribution in [0.25, 0.3) is 0 Å². The van der Waals surface area contributed by atoms with E-state index in [1.165, 1.54) is 0 Å². The molecule has 2 amide bonds. The maximum Gasteiger partial charge on any atom is 0.312 e. The van der Waals surface area contributed by atoms with Crippen molar-refractivity contribution >= 4 is 29.1 Å². The van der Waals surface area contributed by atoms with Crippen LogP contribution in [0.15, 0.2) is 24.3 Å². The zero-order valence-electron chi connectivity index (χ0n) is 13.7. The number of hydrogen-bond donors (Lipinski definition) is 1. The number of anilines is 1. The molecule has 0 aromatic heterocycles. The minimum absolute atomic E-state index is 0.431. The molecule has 6 heteroatoms. The third-order valence-corrected chi connectivity index (χ3v) is 4.18. The van der Waals surface area contributed by atoms with Crippen molar-refractivity contribution < 1.29 is 9.59 Å². The van der Waals surface area contributed by atoms with Crippen molar-refractivity contribution in [2.75, 3.05) is 37.6 Å². The maximum atomic E-state index is 12.1. The summed E-state index contributed by atoms with van der Waals surface area (Å²) in [5, 5.41) is 3.40. The Morgan fingerprint density at radius 3 is 2.52 bits per heavy atom. The largest absolute Gasteiger partial charge is 0.368 e. The quantitative estimate of drug-likeness (QED) is 0.856. The van der Waals surface area contributed by atoms with Gasteiger partial charge in [-0.15, -0.1) is 0 Å². The lowest BCUT2D eigenvalue weighted by Crippen LogP contribution is -2.52. The highest BCUT2D eigenvalue weighted by atomic mass is 35.5. The smallest absolute Gasteiger partial charge is 0.312 e. The van der Waals surface area contributed by atoms with Crippen LogP contribution in [-0.2, 0) is 9.59 Å². The predicted octanol–water partition coefficient (Wildman–Crippen LogP) is 2.15. The first kappa shape index (κ1) is 17.6. The zero-order valence-corrected chi connectivity index (χ0v) is 14.5. The Labute approximate surface area is 142 Å². The SMILES string of the molecule is CC(C)CCNC(=O)C(=O)N1CCN(c2cccc(Cl)c2)CC1. The van der Waals surface area contributed by atoms with Gasteiger partial charge in [0.2, 0.25) is 0 Å². The second kappa shape index (κ2) is 8.20. The number of carbonyl (C=O) groups is 2. The molecule has 0 bridgehead atoms. The van der Waals surface area contributed by atoms with E-state index >= 15 is 0 Å². The van der Waals surface area contributed by atoms with Crippen LogP contribution in [0.1, 0.15) is 20.3 Å². The normalized spacial score (nSPS) is 15.0. The lowest BCUT2D eigenvalue weighted by molar-refractivity contribution is -0.146. The first-order chi connectivity index (χ1) is 11.0. The number of amides is 2. The summed E-state index contributed by atoms with van der Waals surface area (Å²) in [6, 6.07) is 7.67. The average Bonchev–Trinajstić information content (AvgIpc) is 2.54. The molecule has 0 spiro atoms. The predicted molar refractivity (Wildman–Crippen MR) is 92.7 cm³/mol. The van der Waals surface area contributed by atoms with Gasteiger partial charge >= 0.3 is 11.8 Å².